The van der Waals surface area contributed by atoms with E-state index in [-0.39, 0.29) is 22.8 Å². The molecule has 2 aromatic carbocycles. The molecule has 0 heterocycles. The van der Waals surface area contributed by atoms with Crippen molar-refractivity contribution < 1.29 is 15.3 Å². The fraction of sp³-hybridized carbons (Fsp3) is 0.200. The summed E-state index contributed by atoms with van der Waals surface area (Å²) >= 11 is 0. The number of rotatable bonds is 1. The lowest BCUT2D eigenvalue weighted by Gasteiger charge is -2.12. The van der Waals surface area contributed by atoms with Gasteiger partial charge in [0, 0.05) is 11.1 Å². The Morgan fingerprint density at radius 1 is 0.778 bits per heavy atom. The van der Waals surface area contributed by atoms with E-state index >= 15 is 0 Å². The van der Waals surface area contributed by atoms with Crippen LogP contribution in [0.2, 0.25) is 0 Å². The molecule has 0 atom stereocenters. The maximum atomic E-state index is 10.0. The zero-order valence-corrected chi connectivity index (χ0v) is 10.7. The van der Waals surface area contributed by atoms with Crippen molar-refractivity contribution in [2.24, 2.45) is 0 Å². The molecule has 2 rings (SSSR count). The molecule has 0 unspecified atom stereocenters. The highest BCUT2D eigenvalue weighted by atomic mass is 16.3. The van der Waals surface area contributed by atoms with E-state index in [4.69, 9.17) is 0 Å². The Bertz CT molecular complexity index is 616. The zero-order valence-electron chi connectivity index (χ0n) is 10.7. The summed E-state index contributed by atoms with van der Waals surface area (Å²) in [4.78, 5) is 0. The van der Waals surface area contributed by atoms with Crippen molar-refractivity contribution in [2.75, 3.05) is 0 Å². The minimum Gasteiger partial charge on any atom is -0.507 e. The van der Waals surface area contributed by atoms with Crippen molar-refractivity contribution in [3.8, 4) is 28.4 Å². The summed E-state index contributed by atoms with van der Waals surface area (Å²) in [5, 5.41) is 29.2. The van der Waals surface area contributed by atoms with Gasteiger partial charge in [0.1, 0.15) is 5.75 Å². The van der Waals surface area contributed by atoms with Crippen molar-refractivity contribution in [1.82, 2.24) is 0 Å². The van der Waals surface area contributed by atoms with Crippen LogP contribution in [-0.2, 0) is 0 Å². The molecule has 2 aromatic rings. The van der Waals surface area contributed by atoms with Gasteiger partial charge in [0.25, 0.3) is 0 Å². The average molecular weight is 244 g/mol. The second kappa shape index (κ2) is 4.26. The molecule has 0 aliphatic rings. The quantitative estimate of drug-likeness (QED) is 0.532. The van der Waals surface area contributed by atoms with E-state index in [1.54, 1.807) is 6.92 Å². The van der Waals surface area contributed by atoms with Crippen LogP contribution in [0.15, 0.2) is 24.3 Å². The summed E-state index contributed by atoms with van der Waals surface area (Å²) in [6.45, 7) is 5.57. The molecule has 18 heavy (non-hydrogen) atoms. The van der Waals surface area contributed by atoms with Gasteiger partial charge in [0.2, 0.25) is 0 Å². The van der Waals surface area contributed by atoms with Gasteiger partial charge >= 0.3 is 0 Å². The Morgan fingerprint density at radius 2 is 1.44 bits per heavy atom. The second-order valence-corrected chi connectivity index (χ2v) is 4.56. The Balaban J connectivity index is 2.67. The van der Waals surface area contributed by atoms with Gasteiger partial charge in [-0.05, 0) is 43.5 Å². The molecule has 0 saturated heterocycles. The van der Waals surface area contributed by atoms with E-state index < -0.39 is 0 Å². The van der Waals surface area contributed by atoms with Crippen LogP contribution in [0.1, 0.15) is 16.7 Å². The summed E-state index contributed by atoms with van der Waals surface area (Å²) in [5.41, 5.74) is 3.89. The number of phenolic OH excluding ortho intramolecular Hbond substituents is 3. The molecule has 0 fully saturated rings. The van der Waals surface area contributed by atoms with Gasteiger partial charge in [-0.15, -0.1) is 0 Å². The van der Waals surface area contributed by atoms with Gasteiger partial charge in [-0.25, -0.2) is 0 Å². The molecule has 0 aromatic heterocycles. The molecule has 3 N–H and O–H groups in total. The van der Waals surface area contributed by atoms with E-state index in [9.17, 15) is 15.3 Å². The number of aryl methyl sites for hydroxylation is 2. The van der Waals surface area contributed by atoms with Crippen LogP contribution < -0.4 is 0 Å². The van der Waals surface area contributed by atoms with Gasteiger partial charge in [-0.2, -0.15) is 0 Å². The normalized spacial score (nSPS) is 10.6. The summed E-state index contributed by atoms with van der Waals surface area (Å²) in [6.07, 6.45) is 0. The van der Waals surface area contributed by atoms with Crippen molar-refractivity contribution in [2.45, 2.75) is 20.8 Å². The third-order valence-electron chi connectivity index (χ3n) is 3.31. The first-order chi connectivity index (χ1) is 8.41. The number of hydrogen-bond acceptors (Lipinski definition) is 3. The van der Waals surface area contributed by atoms with Gasteiger partial charge < -0.3 is 15.3 Å². The topological polar surface area (TPSA) is 60.7 Å². The van der Waals surface area contributed by atoms with Gasteiger partial charge in [-0.3, -0.25) is 0 Å². The standard InChI is InChI=1S/C15H16O3/c1-8-4-5-11(6-9(8)2)12-7-13(16)15(18)10(3)14(12)17/h4-7,16-18H,1-3H3. The third-order valence-corrected chi connectivity index (χ3v) is 3.31. The van der Waals surface area contributed by atoms with Crippen LogP contribution in [0.25, 0.3) is 11.1 Å². The van der Waals surface area contributed by atoms with E-state index in [0.29, 0.717) is 5.56 Å². The van der Waals surface area contributed by atoms with Crippen LogP contribution >= 0.6 is 0 Å². The lowest BCUT2D eigenvalue weighted by atomic mass is 9.97. The predicted molar refractivity (Wildman–Crippen MR) is 71.1 cm³/mol. The molecule has 94 valence electrons. The lowest BCUT2D eigenvalue weighted by Crippen LogP contribution is -1.87. The number of phenols is 3. The van der Waals surface area contributed by atoms with Gasteiger partial charge in [0.05, 0.1) is 0 Å². The maximum absolute atomic E-state index is 10.0. The second-order valence-electron chi connectivity index (χ2n) is 4.56. The highest BCUT2D eigenvalue weighted by Gasteiger charge is 2.15. The molecular weight excluding hydrogens is 228 g/mol. The predicted octanol–water partition coefficient (Wildman–Crippen LogP) is 3.40. The first-order valence-corrected chi connectivity index (χ1v) is 5.74. The maximum Gasteiger partial charge on any atom is 0.164 e. The van der Waals surface area contributed by atoms with Crippen LogP contribution in [0.4, 0.5) is 0 Å². The van der Waals surface area contributed by atoms with E-state index in [2.05, 4.69) is 0 Å². The first kappa shape index (κ1) is 12.3. The molecule has 3 nitrogen and oxygen atoms in total. The summed E-state index contributed by atoms with van der Waals surface area (Å²) in [5.74, 6) is -0.507. The van der Waals surface area contributed by atoms with E-state index in [1.165, 1.54) is 6.07 Å². The van der Waals surface area contributed by atoms with Gasteiger partial charge in [-0.1, -0.05) is 18.2 Å². The molecule has 0 aliphatic heterocycles. The Labute approximate surface area is 106 Å². The first-order valence-electron chi connectivity index (χ1n) is 5.74. The smallest absolute Gasteiger partial charge is 0.164 e. The minimum atomic E-state index is -0.278. The molecule has 0 bridgehead atoms. The van der Waals surface area contributed by atoms with Crippen LogP contribution in [0.3, 0.4) is 0 Å². The van der Waals surface area contributed by atoms with Crippen molar-refractivity contribution in [1.29, 1.82) is 0 Å². The highest BCUT2D eigenvalue weighted by molar-refractivity contribution is 5.76. The highest BCUT2D eigenvalue weighted by Crippen LogP contribution is 2.42. The molecule has 0 aliphatic carbocycles. The average Bonchev–Trinajstić information content (AvgIpc) is 2.35. The molecule has 0 amide bonds. The fourth-order valence-corrected chi connectivity index (χ4v) is 1.91. The number of hydrogen-bond donors (Lipinski definition) is 3. The molecule has 0 radical (unpaired) electrons. The van der Waals surface area contributed by atoms with Crippen molar-refractivity contribution in [3.05, 3.63) is 41.0 Å². The molecular formula is C15H16O3. The Hall–Kier alpha value is -2.16. The number of aromatic hydroxyl groups is 3. The fourth-order valence-electron chi connectivity index (χ4n) is 1.91. The largest absolute Gasteiger partial charge is 0.507 e. The van der Waals surface area contributed by atoms with Crippen molar-refractivity contribution in [3.63, 3.8) is 0 Å². The van der Waals surface area contributed by atoms with Crippen molar-refractivity contribution >= 4 is 0 Å². The van der Waals surface area contributed by atoms with Crippen LogP contribution in [0, 0.1) is 20.8 Å². The summed E-state index contributed by atoms with van der Waals surface area (Å²) in [7, 11) is 0. The number of benzene rings is 2. The SMILES string of the molecule is Cc1ccc(-c2cc(O)c(O)c(C)c2O)cc1C. The molecule has 0 spiro atoms. The van der Waals surface area contributed by atoms with Crippen LogP contribution in [0.5, 0.6) is 17.2 Å². The summed E-state index contributed by atoms with van der Waals surface area (Å²) in [6, 6.07) is 7.17. The monoisotopic (exact) mass is 244 g/mol. The van der Waals surface area contributed by atoms with Crippen LogP contribution in [-0.4, -0.2) is 15.3 Å². The zero-order chi connectivity index (χ0) is 13.4. The Morgan fingerprint density at radius 3 is 2.06 bits per heavy atom. The third kappa shape index (κ3) is 1.88. The molecule has 3 heteroatoms. The lowest BCUT2D eigenvalue weighted by molar-refractivity contribution is 0.393. The van der Waals surface area contributed by atoms with Gasteiger partial charge in [0.15, 0.2) is 11.5 Å². The van der Waals surface area contributed by atoms with E-state index in [0.717, 1.165) is 16.7 Å². The minimum absolute atomic E-state index is 0.00597. The molecule has 0 saturated carbocycles. The summed E-state index contributed by atoms with van der Waals surface area (Å²) < 4.78 is 0. The Kier molecular flexibility index (Phi) is 2.91. The van der Waals surface area contributed by atoms with E-state index in [1.807, 2.05) is 32.0 Å².